The number of benzene rings is 11. The van der Waals surface area contributed by atoms with Gasteiger partial charge >= 0.3 is 0 Å². The molecule has 0 N–H and O–H groups in total. The van der Waals surface area contributed by atoms with E-state index in [9.17, 15) is 0 Å². The third-order valence-corrected chi connectivity index (χ3v) is 17.5. The van der Waals surface area contributed by atoms with E-state index in [1.165, 1.54) is 61.2 Å². The van der Waals surface area contributed by atoms with Crippen molar-refractivity contribution in [1.82, 2.24) is 0 Å². The molecule has 0 saturated carbocycles. The average molecular weight is 1030 g/mol. The maximum absolute atomic E-state index is 6.23. The monoisotopic (exact) mass is 1030 g/mol. The molecule has 0 saturated heterocycles. The van der Waals surface area contributed by atoms with E-state index in [4.69, 9.17) is 8.83 Å². The van der Waals surface area contributed by atoms with Gasteiger partial charge < -0.3 is 13.7 Å². The van der Waals surface area contributed by atoms with Crippen molar-refractivity contribution in [2.24, 2.45) is 10.8 Å². The maximum atomic E-state index is 6.23. The summed E-state index contributed by atoms with van der Waals surface area (Å²) in [6.45, 7) is 14.3. The number of hydrogen-bond donors (Lipinski definition) is 0. The lowest BCUT2D eigenvalue weighted by atomic mass is 9.69. The van der Waals surface area contributed by atoms with Crippen molar-refractivity contribution < 1.29 is 8.83 Å². The molecule has 2 atom stereocenters. The zero-order chi connectivity index (χ0) is 54.1. The third-order valence-electron chi connectivity index (χ3n) is 17.5. The van der Waals surface area contributed by atoms with Crippen LogP contribution in [0.1, 0.15) is 81.7 Å². The van der Waals surface area contributed by atoms with E-state index in [1.807, 2.05) is 24.3 Å². The zero-order valence-corrected chi connectivity index (χ0v) is 46.1. The first-order valence-electron chi connectivity index (χ1n) is 28.3. The molecule has 15 rings (SSSR count). The first-order chi connectivity index (χ1) is 38.9. The van der Waals surface area contributed by atoms with Crippen LogP contribution in [-0.4, -0.2) is 0 Å². The Balaban J connectivity index is 0.878. The van der Waals surface area contributed by atoms with Gasteiger partial charge in [-0.1, -0.05) is 205 Å². The van der Waals surface area contributed by atoms with Crippen LogP contribution in [0, 0.1) is 10.8 Å². The highest BCUT2D eigenvalue weighted by atomic mass is 16.3. The maximum Gasteiger partial charge on any atom is 0.135 e. The van der Waals surface area contributed by atoms with Crippen molar-refractivity contribution >= 4 is 60.9 Å². The summed E-state index contributed by atoms with van der Waals surface area (Å²) < 4.78 is 12.5. The van der Waals surface area contributed by atoms with Gasteiger partial charge in [0.2, 0.25) is 0 Å². The molecule has 0 amide bonds. The minimum absolute atomic E-state index is 0.143. The number of nitrogens with zero attached hydrogens (tertiary/aromatic N) is 1. The van der Waals surface area contributed by atoms with Crippen LogP contribution >= 0.6 is 0 Å². The van der Waals surface area contributed by atoms with E-state index in [1.54, 1.807) is 0 Å². The van der Waals surface area contributed by atoms with E-state index in [0.717, 1.165) is 89.6 Å². The summed E-state index contributed by atoms with van der Waals surface area (Å²) in [6.07, 6.45) is 1.13. The Labute approximate surface area is 468 Å². The molecule has 0 fully saturated rings. The van der Waals surface area contributed by atoms with Crippen LogP contribution in [0.2, 0.25) is 0 Å². The topological polar surface area (TPSA) is 29.5 Å². The fraction of sp³-hybridized carbons (Fsp3) is 0.143. The Morgan fingerprint density at radius 3 is 1.24 bits per heavy atom. The quantitative estimate of drug-likeness (QED) is 0.152. The number of fused-ring (bicyclic) bond motifs is 16. The van der Waals surface area contributed by atoms with Crippen LogP contribution in [-0.2, 0) is 5.41 Å². The summed E-state index contributed by atoms with van der Waals surface area (Å²) in [7, 11) is 0. The van der Waals surface area contributed by atoms with Gasteiger partial charge in [0.25, 0.3) is 0 Å². The van der Waals surface area contributed by atoms with Crippen molar-refractivity contribution in [3.63, 3.8) is 0 Å². The molecule has 1 spiro atoms. The van der Waals surface area contributed by atoms with Gasteiger partial charge in [0.15, 0.2) is 0 Å². The lowest BCUT2D eigenvalue weighted by Gasteiger charge is -2.36. The van der Waals surface area contributed by atoms with Gasteiger partial charge in [-0.05, 0) is 185 Å². The van der Waals surface area contributed by atoms with Crippen molar-refractivity contribution in [2.75, 3.05) is 4.90 Å². The fourth-order valence-corrected chi connectivity index (χ4v) is 13.8. The number of rotatable bonds is 8. The van der Waals surface area contributed by atoms with Crippen LogP contribution < -0.4 is 4.90 Å². The fourth-order valence-electron chi connectivity index (χ4n) is 13.8. The van der Waals surface area contributed by atoms with E-state index >= 15 is 0 Å². The molecule has 0 bridgehead atoms. The highest BCUT2D eigenvalue weighted by molar-refractivity contribution is 6.07. The Kier molecular flexibility index (Phi) is 10.8. The van der Waals surface area contributed by atoms with Crippen LogP contribution in [0.25, 0.3) is 99.5 Å². The summed E-state index contributed by atoms with van der Waals surface area (Å²) in [5, 5.41) is 4.50. The van der Waals surface area contributed by atoms with E-state index in [0.29, 0.717) is 5.92 Å². The summed E-state index contributed by atoms with van der Waals surface area (Å²) >= 11 is 0. The molecule has 0 aliphatic heterocycles. The van der Waals surface area contributed by atoms with Crippen LogP contribution in [0.15, 0.2) is 251 Å². The van der Waals surface area contributed by atoms with E-state index < -0.39 is 5.41 Å². The average Bonchev–Trinajstić information content (AvgIpc) is 4.40. The normalized spacial score (nSPS) is 14.9. The molecule has 2 unspecified atom stereocenters. The lowest BCUT2D eigenvalue weighted by molar-refractivity contribution is 0.229. The zero-order valence-electron chi connectivity index (χ0n) is 46.1. The predicted octanol–water partition coefficient (Wildman–Crippen LogP) is 21.9. The number of para-hydroxylation sites is 2. The van der Waals surface area contributed by atoms with Crippen molar-refractivity contribution in [1.29, 1.82) is 0 Å². The molecular formula is C77H61NO2. The van der Waals surface area contributed by atoms with Gasteiger partial charge in [-0.25, -0.2) is 0 Å². The number of furan rings is 2. The second-order valence-corrected chi connectivity index (χ2v) is 24.7. The van der Waals surface area contributed by atoms with Crippen LogP contribution in [0.5, 0.6) is 0 Å². The molecule has 3 nitrogen and oxygen atoms in total. The third kappa shape index (κ3) is 7.62. The van der Waals surface area contributed by atoms with Gasteiger partial charge in [0.1, 0.15) is 22.3 Å². The molecule has 11 aromatic carbocycles. The van der Waals surface area contributed by atoms with Crippen LogP contribution in [0.4, 0.5) is 17.1 Å². The second kappa shape index (κ2) is 17.9. The SMILES string of the molecule is CC(C)(C)CC(c1ccc(-c2ccc3c(c2)C2(c4ccccc4-3)c3ccccc3-c3ccc(N(c4ccc(-c5ccc6oc7ccccc7c6c5)cc4)c4ccc(-c5ccc6oc7ccccc7c6c5)cc4)cc32)cc1)C(C)(C)C. The highest BCUT2D eigenvalue weighted by Crippen LogP contribution is 2.64. The smallest absolute Gasteiger partial charge is 0.135 e. The molecule has 386 valence electrons. The van der Waals surface area contributed by atoms with Gasteiger partial charge in [0.05, 0.1) is 5.41 Å². The van der Waals surface area contributed by atoms with Crippen molar-refractivity contribution in [3.05, 3.63) is 270 Å². The second-order valence-electron chi connectivity index (χ2n) is 24.7. The Morgan fingerprint density at radius 1 is 0.338 bits per heavy atom. The molecular weight excluding hydrogens is 971 g/mol. The van der Waals surface area contributed by atoms with Crippen LogP contribution in [0.3, 0.4) is 0 Å². The minimum Gasteiger partial charge on any atom is -0.456 e. The number of hydrogen-bond acceptors (Lipinski definition) is 3. The summed E-state index contributed by atoms with van der Waals surface area (Å²) in [6, 6.07) is 90.1. The Morgan fingerprint density at radius 2 is 0.725 bits per heavy atom. The first kappa shape index (κ1) is 48.0. The molecule has 80 heavy (non-hydrogen) atoms. The molecule has 13 aromatic rings. The number of anilines is 3. The first-order valence-corrected chi connectivity index (χ1v) is 28.3. The standard InChI is InChI=1S/C77H61NO2/c1-75(2,3)47-70(76(4,5)6)51-25-23-48(24-26-51)54-31-39-60-58-15-7-11-19-66(58)77(68(60)45-54)67-20-12-8-16-59(67)61-40-38-57(46-69(61)77)78(55-34-27-49(28-35-55)52-32-41-73-64(43-52)62-17-9-13-21-71(62)79-73)56-36-29-50(30-37-56)53-33-42-74-65(44-53)63-18-10-14-22-72(63)80-74/h7-46,70H,47H2,1-6H3. The highest BCUT2D eigenvalue weighted by Gasteiger charge is 2.52. The van der Waals surface area contributed by atoms with Gasteiger partial charge in [-0.15, -0.1) is 0 Å². The summed E-state index contributed by atoms with van der Waals surface area (Å²) in [4.78, 5) is 2.44. The van der Waals surface area contributed by atoms with Crippen molar-refractivity contribution in [2.45, 2.75) is 59.3 Å². The van der Waals surface area contributed by atoms with Gasteiger partial charge in [-0.2, -0.15) is 0 Å². The largest absolute Gasteiger partial charge is 0.456 e. The molecule has 2 aliphatic rings. The summed E-state index contributed by atoms with van der Waals surface area (Å²) in [5.74, 6) is 0.447. The van der Waals surface area contributed by atoms with E-state index in [-0.39, 0.29) is 10.8 Å². The minimum atomic E-state index is -0.557. The predicted molar refractivity (Wildman–Crippen MR) is 335 cm³/mol. The van der Waals surface area contributed by atoms with Gasteiger partial charge in [-0.3, -0.25) is 0 Å². The van der Waals surface area contributed by atoms with Gasteiger partial charge in [0, 0.05) is 38.6 Å². The van der Waals surface area contributed by atoms with Crippen molar-refractivity contribution in [3.8, 4) is 55.6 Å². The molecule has 2 heterocycles. The Hall–Kier alpha value is -9.18. The Bertz CT molecular complexity index is 4410. The molecule has 2 aromatic heterocycles. The lowest BCUT2D eigenvalue weighted by Crippen LogP contribution is -2.26. The summed E-state index contributed by atoms with van der Waals surface area (Å²) in [5.41, 5.74) is 25.5. The van der Waals surface area contributed by atoms with E-state index in [2.05, 4.69) is 265 Å². The molecule has 3 heteroatoms. The molecule has 0 radical (unpaired) electrons. The molecule has 2 aliphatic carbocycles.